The van der Waals surface area contributed by atoms with Crippen molar-refractivity contribution in [2.75, 3.05) is 25.1 Å². The number of nitrogens with one attached hydrogen (secondary N) is 1. The Morgan fingerprint density at radius 1 is 1.03 bits per heavy atom. The largest absolute Gasteiger partial charge is 0.497 e. The topological polar surface area (TPSA) is 79.0 Å². The highest BCUT2D eigenvalue weighted by molar-refractivity contribution is 6.26. The Balaban J connectivity index is 1.63. The number of benzene rings is 3. The average molecular weight is 488 g/mol. The predicted molar refractivity (Wildman–Crippen MR) is 141 cm³/mol. The molecule has 0 radical (unpaired) electrons. The van der Waals surface area contributed by atoms with Gasteiger partial charge in [-0.05, 0) is 47.6 Å². The van der Waals surface area contributed by atoms with E-state index in [4.69, 9.17) is 4.74 Å². The van der Waals surface area contributed by atoms with Gasteiger partial charge in [0, 0.05) is 24.0 Å². The first-order valence-electron chi connectivity index (χ1n) is 12.4. The molecule has 0 unspecified atom stereocenters. The van der Waals surface area contributed by atoms with Gasteiger partial charge >= 0.3 is 0 Å². The van der Waals surface area contributed by atoms with E-state index < -0.39 is 6.04 Å². The van der Waals surface area contributed by atoms with Gasteiger partial charge in [-0.3, -0.25) is 19.3 Å². The first-order chi connectivity index (χ1) is 17.3. The van der Waals surface area contributed by atoms with Crippen molar-refractivity contribution in [2.24, 2.45) is 5.92 Å². The number of methoxy groups -OCH3 is 1. The molecule has 0 saturated carbocycles. The van der Waals surface area contributed by atoms with Gasteiger partial charge in [-0.25, -0.2) is 0 Å². The molecule has 1 aliphatic rings. The standard InChI is InChI=1S/C29H33N3O4/c1-5-24(28(34)30-16-19(2)3)31(17-20-12-14-22(36-4)15-13-20)26(33)18-32-25-11-7-9-21-8-6-10-23(27(21)25)29(32)35/h6-15,19,24H,5,16-18H2,1-4H3,(H,30,34)/t24-/m0/s1. The minimum atomic E-state index is -0.658. The maximum atomic E-state index is 13.8. The minimum absolute atomic E-state index is 0.142. The van der Waals surface area contributed by atoms with Gasteiger partial charge in [-0.2, -0.15) is 0 Å². The summed E-state index contributed by atoms with van der Waals surface area (Å²) in [6, 6.07) is 18.1. The van der Waals surface area contributed by atoms with Gasteiger partial charge in [0.25, 0.3) is 5.91 Å². The van der Waals surface area contributed by atoms with E-state index in [0.717, 1.165) is 22.0 Å². The van der Waals surface area contributed by atoms with E-state index in [1.807, 2.05) is 75.4 Å². The Kier molecular flexibility index (Phi) is 7.58. The van der Waals surface area contributed by atoms with E-state index >= 15 is 0 Å². The van der Waals surface area contributed by atoms with Gasteiger partial charge in [0.15, 0.2) is 0 Å². The monoisotopic (exact) mass is 487 g/mol. The molecule has 1 heterocycles. The van der Waals surface area contributed by atoms with E-state index in [2.05, 4.69) is 5.32 Å². The number of rotatable bonds is 10. The highest BCUT2D eigenvalue weighted by Crippen LogP contribution is 2.37. The lowest BCUT2D eigenvalue weighted by molar-refractivity contribution is -0.140. The minimum Gasteiger partial charge on any atom is -0.497 e. The van der Waals surface area contributed by atoms with Gasteiger partial charge in [-0.15, -0.1) is 0 Å². The second-order valence-electron chi connectivity index (χ2n) is 9.50. The first-order valence-corrected chi connectivity index (χ1v) is 12.4. The quantitative estimate of drug-likeness (QED) is 0.460. The highest BCUT2D eigenvalue weighted by atomic mass is 16.5. The molecule has 3 aromatic rings. The number of ether oxygens (including phenoxy) is 1. The van der Waals surface area contributed by atoms with Crippen LogP contribution >= 0.6 is 0 Å². The molecule has 0 aliphatic carbocycles. The van der Waals surface area contributed by atoms with Gasteiger partial charge < -0.3 is 15.0 Å². The van der Waals surface area contributed by atoms with Crippen LogP contribution in [-0.2, 0) is 16.1 Å². The lowest BCUT2D eigenvalue weighted by Crippen LogP contribution is -2.52. The molecule has 7 heteroatoms. The summed E-state index contributed by atoms with van der Waals surface area (Å²) in [5, 5.41) is 4.79. The van der Waals surface area contributed by atoms with Crippen molar-refractivity contribution in [1.82, 2.24) is 10.2 Å². The molecule has 3 amide bonds. The molecule has 1 atom stereocenters. The predicted octanol–water partition coefficient (Wildman–Crippen LogP) is 4.39. The third-order valence-electron chi connectivity index (χ3n) is 6.52. The summed E-state index contributed by atoms with van der Waals surface area (Å²) in [5.74, 6) is 0.337. The third kappa shape index (κ3) is 5.05. The molecule has 7 nitrogen and oxygen atoms in total. The van der Waals surface area contributed by atoms with Crippen LogP contribution in [0.25, 0.3) is 10.8 Å². The van der Waals surface area contributed by atoms with Crippen LogP contribution in [0.3, 0.4) is 0 Å². The zero-order valence-corrected chi connectivity index (χ0v) is 21.3. The molecule has 0 spiro atoms. The lowest BCUT2D eigenvalue weighted by Gasteiger charge is -2.32. The van der Waals surface area contributed by atoms with E-state index in [1.165, 1.54) is 4.90 Å². The normalized spacial score (nSPS) is 13.2. The second-order valence-corrected chi connectivity index (χ2v) is 9.50. The summed E-state index contributed by atoms with van der Waals surface area (Å²) in [6.45, 7) is 6.58. The number of nitrogens with zero attached hydrogens (tertiary/aromatic N) is 2. The average Bonchev–Trinajstić information content (AvgIpc) is 3.15. The van der Waals surface area contributed by atoms with E-state index in [9.17, 15) is 14.4 Å². The fraction of sp³-hybridized carbons (Fsp3) is 0.345. The zero-order chi connectivity index (χ0) is 25.8. The van der Waals surface area contributed by atoms with Crippen LogP contribution in [0.15, 0.2) is 60.7 Å². The Bertz CT molecular complexity index is 1260. The van der Waals surface area contributed by atoms with Crippen LogP contribution < -0.4 is 15.0 Å². The molecule has 0 fully saturated rings. The van der Waals surface area contributed by atoms with E-state index in [1.54, 1.807) is 18.1 Å². The lowest BCUT2D eigenvalue weighted by atomic mass is 10.1. The van der Waals surface area contributed by atoms with Crippen molar-refractivity contribution in [2.45, 2.75) is 39.8 Å². The molecule has 1 aliphatic heterocycles. The van der Waals surface area contributed by atoms with Gasteiger partial charge in [0.05, 0.1) is 12.8 Å². The molecule has 188 valence electrons. The van der Waals surface area contributed by atoms with Crippen molar-refractivity contribution in [3.8, 4) is 5.75 Å². The number of hydrogen-bond acceptors (Lipinski definition) is 4. The maximum absolute atomic E-state index is 13.8. The summed E-state index contributed by atoms with van der Waals surface area (Å²) >= 11 is 0. The van der Waals surface area contributed by atoms with Crippen molar-refractivity contribution >= 4 is 34.2 Å². The van der Waals surface area contributed by atoms with Crippen LogP contribution in [0.4, 0.5) is 5.69 Å². The molecular weight excluding hydrogens is 454 g/mol. The Hall–Kier alpha value is -3.87. The molecule has 1 N–H and O–H groups in total. The van der Waals surface area contributed by atoms with Crippen LogP contribution in [0.1, 0.15) is 43.1 Å². The number of carbonyl (C=O) groups excluding carboxylic acids is 3. The van der Waals surface area contributed by atoms with Crippen LogP contribution in [0.2, 0.25) is 0 Å². The summed E-state index contributed by atoms with van der Waals surface area (Å²) in [7, 11) is 1.60. The number of amides is 3. The summed E-state index contributed by atoms with van der Waals surface area (Å²) in [5.41, 5.74) is 2.19. The molecule has 4 rings (SSSR count). The molecule has 0 saturated heterocycles. The van der Waals surface area contributed by atoms with Crippen LogP contribution in [-0.4, -0.2) is 48.9 Å². The van der Waals surface area contributed by atoms with Crippen molar-refractivity contribution in [3.63, 3.8) is 0 Å². The maximum Gasteiger partial charge on any atom is 0.259 e. The fourth-order valence-corrected chi connectivity index (χ4v) is 4.63. The first kappa shape index (κ1) is 25.2. The molecule has 36 heavy (non-hydrogen) atoms. The van der Waals surface area contributed by atoms with Crippen molar-refractivity contribution < 1.29 is 19.1 Å². The Morgan fingerprint density at radius 3 is 2.36 bits per heavy atom. The number of carbonyl (C=O) groups is 3. The zero-order valence-electron chi connectivity index (χ0n) is 21.3. The summed E-state index contributed by atoms with van der Waals surface area (Å²) in [4.78, 5) is 43.4. The second kappa shape index (κ2) is 10.8. The molecule has 0 aromatic heterocycles. The Labute approximate surface area is 212 Å². The number of anilines is 1. The van der Waals surface area contributed by atoms with Crippen LogP contribution in [0.5, 0.6) is 5.75 Å². The number of hydrogen-bond donors (Lipinski definition) is 1. The molecule has 0 bridgehead atoms. The van der Waals surface area contributed by atoms with E-state index in [-0.39, 0.29) is 30.8 Å². The van der Waals surface area contributed by atoms with Gasteiger partial charge in [-0.1, -0.05) is 57.2 Å². The third-order valence-corrected chi connectivity index (χ3v) is 6.52. The van der Waals surface area contributed by atoms with Gasteiger partial charge in [0.1, 0.15) is 18.3 Å². The van der Waals surface area contributed by atoms with Crippen molar-refractivity contribution in [3.05, 3.63) is 71.8 Å². The molecule has 3 aromatic carbocycles. The van der Waals surface area contributed by atoms with E-state index in [0.29, 0.717) is 30.2 Å². The van der Waals surface area contributed by atoms with Gasteiger partial charge in [0.2, 0.25) is 11.8 Å². The Morgan fingerprint density at radius 2 is 1.72 bits per heavy atom. The smallest absolute Gasteiger partial charge is 0.259 e. The summed E-state index contributed by atoms with van der Waals surface area (Å²) in [6.07, 6.45) is 0.454. The summed E-state index contributed by atoms with van der Waals surface area (Å²) < 4.78 is 5.25. The fourth-order valence-electron chi connectivity index (χ4n) is 4.63. The SMILES string of the molecule is CC[C@@H](C(=O)NCC(C)C)N(Cc1ccc(OC)cc1)C(=O)CN1C(=O)c2cccc3cccc1c23. The van der Waals surface area contributed by atoms with Crippen LogP contribution in [0, 0.1) is 5.92 Å². The highest BCUT2D eigenvalue weighted by Gasteiger charge is 2.35. The molecular formula is C29H33N3O4. The van der Waals surface area contributed by atoms with Crippen molar-refractivity contribution in [1.29, 1.82) is 0 Å².